The molecule has 180 valence electrons. The van der Waals surface area contributed by atoms with Gasteiger partial charge in [0, 0.05) is 67.2 Å². The van der Waals surface area contributed by atoms with Gasteiger partial charge in [0.2, 0.25) is 5.91 Å². The van der Waals surface area contributed by atoms with Gasteiger partial charge < -0.3 is 29.0 Å². The molecule has 2 amide bonds. The number of aromatic nitrogens is 1. The molecule has 34 heavy (non-hydrogen) atoms. The van der Waals surface area contributed by atoms with E-state index in [0.717, 1.165) is 22.0 Å². The highest BCUT2D eigenvalue weighted by atomic mass is 16.6. The summed E-state index contributed by atoms with van der Waals surface area (Å²) in [5.74, 6) is 1.19. The Balaban J connectivity index is 1.61. The van der Waals surface area contributed by atoms with E-state index in [1.165, 1.54) is 0 Å². The van der Waals surface area contributed by atoms with Crippen LogP contribution in [0, 0.1) is 0 Å². The van der Waals surface area contributed by atoms with Crippen molar-refractivity contribution in [3.63, 3.8) is 0 Å². The molecule has 2 heterocycles. The third-order valence-electron chi connectivity index (χ3n) is 6.35. The number of nitrogens with zero attached hydrogens (tertiary/aromatic N) is 2. The Morgan fingerprint density at radius 3 is 2.41 bits per heavy atom. The lowest BCUT2D eigenvalue weighted by molar-refractivity contribution is -0.133. The zero-order chi connectivity index (χ0) is 24.1. The molecule has 0 spiro atoms. The van der Waals surface area contributed by atoms with E-state index in [-0.39, 0.29) is 24.3 Å². The molecule has 3 aromatic rings. The molecule has 1 aromatic heterocycles. The standard InChI is InChI=1S/C26H31N3O5/c1-4-34-26(31)29-13-11-28(12-14-29)25(30)16-21(20-10-9-18(32-2)15-24(20)33-3)22-17-27-23-8-6-5-7-19(22)23/h5-10,15,17,21,27H,4,11-14,16H2,1-3H3/t21-/m0/s1. The molecule has 1 atom stereocenters. The summed E-state index contributed by atoms with van der Waals surface area (Å²) in [6, 6.07) is 13.8. The summed E-state index contributed by atoms with van der Waals surface area (Å²) >= 11 is 0. The lowest BCUT2D eigenvalue weighted by Gasteiger charge is -2.35. The van der Waals surface area contributed by atoms with E-state index in [1.807, 2.05) is 47.5 Å². The van der Waals surface area contributed by atoms with Gasteiger partial charge in [-0.25, -0.2) is 4.79 Å². The number of benzene rings is 2. The molecular weight excluding hydrogens is 434 g/mol. The van der Waals surface area contributed by atoms with Gasteiger partial charge in [0.05, 0.1) is 20.8 Å². The molecule has 1 fully saturated rings. The highest BCUT2D eigenvalue weighted by Gasteiger charge is 2.29. The van der Waals surface area contributed by atoms with Gasteiger partial charge in [0.1, 0.15) is 11.5 Å². The SMILES string of the molecule is CCOC(=O)N1CCN(C(=O)C[C@@H](c2ccc(OC)cc2OC)c2c[nH]c3ccccc23)CC1. The zero-order valence-electron chi connectivity index (χ0n) is 19.9. The Morgan fingerprint density at radius 2 is 1.71 bits per heavy atom. The average Bonchev–Trinajstić information content (AvgIpc) is 3.31. The average molecular weight is 466 g/mol. The van der Waals surface area contributed by atoms with Crippen molar-refractivity contribution in [2.45, 2.75) is 19.3 Å². The van der Waals surface area contributed by atoms with Crippen LogP contribution in [0.5, 0.6) is 11.5 Å². The minimum Gasteiger partial charge on any atom is -0.497 e. The monoisotopic (exact) mass is 465 g/mol. The van der Waals surface area contributed by atoms with Crippen LogP contribution in [0.1, 0.15) is 30.4 Å². The Morgan fingerprint density at radius 1 is 0.971 bits per heavy atom. The quantitative estimate of drug-likeness (QED) is 0.570. The van der Waals surface area contributed by atoms with Crippen molar-refractivity contribution in [1.82, 2.24) is 14.8 Å². The number of rotatable bonds is 7. The Bertz CT molecular complexity index is 1150. The number of nitrogens with one attached hydrogen (secondary N) is 1. The van der Waals surface area contributed by atoms with Crippen LogP contribution in [0.3, 0.4) is 0 Å². The molecule has 4 rings (SSSR count). The molecule has 1 aliphatic rings. The fourth-order valence-electron chi connectivity index (χ4n) is 4.53. The molecule has 1 N–H and O–H groups in total. The smallest absolute Gasteiger partial charge is 0.409 e. The molecular formula is C26H31N3O5. The first-order valence-corrected chi connectivity index (χ1v) is 11.5. The largest absolute Gasteiger partial charge is 0.497 e. The molecule has 0 radical (unpaired) electrons. The van der Waals surface area contributed by atoms with Gasteiger partial charge in [-0.1, -0.05) is 24.3 Å². The van der Waals surface area contributed by atoms with Crippen LogP contribution >= 0.6 is 0 Å². The van der Waals surface area contributed by atoms with Crippen LogP contribution in [0.4, 0.5) is 4.79 Å². The predicted octanol–water partition coefficient (Wildman–Crippen LogP) is 4.01. The Kier molecular flexibility index (Phi) is 7.25. The number of aromatic amines is 1. The van der Waals surface area contributed by atoms with Crippen molar-refractivity contribution < 1.29 is 23.8 Å². The zero-order valence-corrected chi connectivity index (χ0v) is 19.9. The molecule has 0 unspecified atom stereocenters. The van der Waals surface area contributed by atoms with E-state index in [0.29, 0.717) is 44.3 Å². The molecule has 8 nitrogen and oxygen atoms in total. The number of hydrogen-bond acceptors (Lipinski definition) is 5. The van der Waals surface area contributed by atoms with Gasteiger partial charge in [-0.3, -0.25) is 4.79 Å². The predicted molar refractivity (Wildman–Crippen MR) is 129 cm³/mol. The number of carbonyl (C=O) groups excluding carboxylic acids is 2. The van der Waals surface area contributed by atoms with Crippen molar-refractivity contribution in [3.05, 3.63) is 59.8 Å². The van der Waals surface area contributed by atoms with Crippen LogP contribution in [0.15, 0.2) is 48.7 Å². The lowest BCUT2D eigenvalue weighted by atomic mass is 9.87. The van der Waals surface area contributed by atoms with Crippen molar-refractivity contribution in [3.8, 4) is 11.5 Å². The van der Waals surface area contributed by atoms with Crippen LogP contribution in [0.2, 0.25) is 0 Å². The van der Waals surface area contributed by atoms with Crippen LogP contribution in [-0.4, -0.2) is 73.8 Å². The second-order valence-electron chi connectivity index (χ2n) is 8.22. The minimum atomic E-state index is -0.325. The lowest BCUT2D eigenvalue weighted by Crippen LogP contribution is -2.50. The number of para-hydroxylation sites is 1. The molecule has 1 aliphatic heterocycles. The molecule has 2 aromatic carbocycles. The summed E-state index contributed by atoms with van der Waals surface area (Å²) in [4.78, 5) is 32.3. The van der Waals surface area contributed by atoms with Crippen molar-refractivity contribution in [2.24, 2.45) is 0 Å². The summed E-state index contributed by atoms with van der Waals surface area (Å²) in [7, 11) is 3.24. The minimum absolute atomic E-state index is 0.0386. The summed E-state index contributed by atoms with van der Waals surface area (Å²) in [5, 5.41) is 1.07. The number of ether oxygens (including phenoxy) is 3. The maximum absolute atomic E-state index is 13.5. The van der Waals surface area contributed by atoms with Crippen LogP contribution < -0.4 is 9.47 Å². The van der Waals surface area contributed by atoms with E-state index >= 15 is 0 Å². The maximum Gasteiger partial charge on any atom is 0.409 e. The highest BCUT2D eigenvalue weighted by Crippen LogP contribution is 2.39. The van der Waals surface area contributed by atoms with E-state index in [4.69, 9.17) is 14.2 Å². The Hall–Kier alpha value is -3.68. The van der Waals surface area contributed by atoms with Crippen molar-refractivity contribution in [1.29, 1.82) is 0 Å². The van der Waals surface area contributed by atoms with Gasteiger partial charge in [0.15, 0.2) is 0 Å². The van der Waals surface area contributed by atoms with Gasteiger partial charge in [-0.15, -0.1) is 0 Å². The van der Waals surface area contributed by atoms with E-state index in [9.17, 15) is 9.59 Å². The second kappa shape index (κ2) is 10.5. The third-order valence-corrected chi connectivity index (χ3v) is 6.35. The van der Waals surface area contributed by atoms with E-state index in [2.05, 4.69) is 11.1 Å². The molecule has 0 bridgehead atoms. The number of H-pyrrole nitrogens is 1. The molecule has 1 saturated heterocycles. The normalized spacial score (nSPS) is 14.7. The van der Waals surface area contributed by atoms with Gasteiger partial charge >= 0.3 is 6.09 Å². The number of amides is 2. The first-order valence-electron chi connectivity index (χ1n) is 11.5. The number of carbonyl (C=O) groups is 2. The van der Waals surface area contributed by atoms with E-state index in [1.54, 1.807) is 26.0 Å². The van der Waals surface area contributed by atoms with Gasteiger partial charge in [0.25, 0.3) is 0 Å². The first-order chi connectivity index (χ1) is 16.5. The van der Waals surface area contributed by atoms with E-state index < -0.39 is 0 Å². The third kappa shape index (κ3) is 4.81. The highest BCUT2D eigenvalue weighted by molar-refractivity contribution is 5.86. The number of hydrogen-bond donors (Lipinski definition) is 1. The summed E-state index contributed by atoms with van der Waals surface area (Å²) in [5.41, 5.74) is 2.98. The fraction of sp³-hybridized carbons (Fsp3) is 0.385. The van der Waals surface area contributed by atoms with Gasteiger partial charge in [-0.2, -0.15) is 0 Å². The van der Waals surface area contributed by atoms with Crippen molar-refractivity contribution >= 4 is 22.9 Å². The number of methoxy groups -OCH3 is 2. The summed E-state index contributed by atoms with van der Waals surface area (Å²) < 4.78 is 16.2. The summed E-state index contributed by atoms with van der Waals surface area (Å²) in [6.07, 6.45) is 1.93. The molecule has 0 saturated carbocycles. The second-order valence-corrected chi connectivity index (χ2v) is 8.22. The van der Waals surface area contributed by atoms with Crippen LogP contribution in [-0.2, 0) is 9.53 Å². The fourth-order valence-corrected chi connectivity index (χ4v) is 4.53. The Labute approximate surface area is 199 Å². The van der Waals surface area contributed by atoms with Crippen molar-refractivity contribution in [2.75, 3.05) is 47.0 Å². The first kappa shape index (κ1) is 23.5. The topological polar surface area (TPSA) is 84.1 Å². The maximum atomic E-state index is 13.5. The number of fused-ring (bicyclic) bond motifs is 1. The van der Waals surface area contributed by atoms with Gasteiger partial charge in [-0.05, 0) is 24.6 Å². The van der Waals surface area contributed by atoms with Crippen LogP contribution in [0.25, 0.3) is 10.9 Å². The molecule has 0 aliphatic carbocycles. The number of piperazine rings is 1. The molecule has 8 heteroatoms. The summed E-state index contributed by atoms with van der Waals surface area (Å²) in [6.45, 7) is 4.03.